The zero-order valence-electron chi connectivity index (χ0n) is 16.6. The van der Waals surface area contributed by atoms with Gasteiger partial charge >= 0.3 is 0 Å². The minimum atomic E-state index is 0.0494. The van der Waals surface area contributed by atoms with Gasteiger partial charge in [-0.3, -0.25) is 19.4 Å². The lowest BCUT2D eigenvalue weighted by Gasteiger charge is -2.65. The highest BCUT2D eigenvalue weighted by Gasteiger charge is 2.56. The maximum atomic E-state index is 12.5. The maximum Gasteiger partial charge on any atom is 0.248 e. The summed E-state index contributed by atoms with van der Waals surface area (Å²) in [6.45, 7) is 9.50. The second-order valence-corrected chi connectivity index (χ2v) is 8.50. The second kappa shape index (κ2) is 7.66. The summed E-state index contributed by atoms with van der Waals surface area (Å²) < 4.78 is 10.8. The van der Waals surface area contributed by atoms with E-state index in [4.69, 9.17) is 9.47 Å². The Balaban J connectivity index is 1.40. The molecule has 2 amide bonds. The Bertz CT molecular complexity index is 572. The van der Waals surface area contributed by atoms with Crippen LogP contribution in [-0.2, 0) is 19.1 Å². The van der Waals surface area contributed by atoms with Gasteiger partial charge in [-0.05, 0) is 12.8 Å². The molecule has 8 heteroatoms. The van der Waals surface area contributed by atoms with Crippen LogP contribution in [0.25, 0.3) is 0 Å². The first-order chi connectivity index (χ1) is 13.0. The van der Waals surface area contributed by atoms with Crippen molar-refractivity contribution in [3.8, 4) is 0 Å². The lowest BCUT2D eigenvalue weighted by Crippen LogP contribution is -2.82. The number of fused-ring (bicyclic) bond motifs is 2. The summed E-state index contributed by atoms with van der Waals surface area (Å²) in [5.74, 6) is 0.264. The summed E-state index contributed by atoms with van der Waals surface area (Å²) in [6, 6.07) is 0.839. The van der Waals surface area contributed by atoms with E-state index in [1.165, 1.54) is 0 Å². The van der Waals surface area contributed by atoms with Crippen LogP contribution in [0.1, 0.15) is 19.8 Å². The summed E-state index contributed by atoms with van der Waals surface area (Å²) in [5, 5.41) is 0. The largest absolute Gasteiger partial charge is 0.378 e. The molecule has 4 heterocycles. The molecular formula is C19H32N4O4. The van der Waals surface area contributed by atoms with Crippen LogP contribution in [0.3, 0.4) is 0 Å². The van der Waals surface area contributed by atoms with Gasteiger partial charge in [0.05, 0.1) is 24.8 Å². The summed E-state index contributed by atoms with van der Waals surface area (Å²) in [5.41, 5.74) is 0.0494. The number of ether oxygens (including phenoxy) is 2. The van der Waals surface area contributed by atoms with Gasteiger partial charge in [-0.1, -0.05) is 0 Å². The van der Waals surface area contributed by atoms with Crippen LogP contribution in [0.5, 0.6) is 0 Å². The number of piperazine rings is 1. The molecule has 1 spiro atoms. The highest BCUT2D eigenvalue weighted by atomic mass is 16.5. The molecule has 0 bridgehead atoms. The first kappa shape index (κ1) is 19.1. The minimum Gasteiger partial charge on any atom is -0.378 e. The van der Waals surface area contributed by atoms with E-state index < -0.39 is 0 Å². The van der Waals surface area contributed by atoms with Crippen LogP contribution >= 0.6 is 0 Å². The van der Waals surface area contributed by atoms with E-state index in [0.29, 0.717) is 12.6 Å². The van der Waals surface area contributed by atoms with Crippen molar-refractivity contribution in [1.29, 1.82) is 0 Å². The predicted octanol–water partition coefficient (Wildman–Crippen LogP) is -0.759. The summed E-state index contributed by atoms with van der Waals surface area (Å²) in [6.07, 6.45) is 2.10. The number of hydrogen-bond donors (Lipinski definition) is 0. The van der Waals surface area contributed by atoms with E-state index in [0.717, 1.165) is 65.3 Å². The third-order valence-corrected chi connectivity index (χ3v) is 6.79. The monoisotopic (exact) mass is 380 g/mol. The Kier molecular flexibility index (Phi) is 5.42. The number of hydrogen-bond acceptors (Lipinski definition) is 6. The van der Waals surface area contributed by atoms with Crippen LogP contribution in [0.15, 0.2) is 0 Å². The van der Waals surface area contributed by atoms with E-state index in [1.54, 1.807) is 14.0 Å². The van der Waals surface area contributed by atoms with Gasteiger partial charge in [0.2, 0.25) is 11.8 Å². The van der Waals surface area contributed by atoms with E-state index >= 15 is 0 Å². The number of morpholine rings is 1. The van der Waals surface area contributed by atoms with Crippen molar-refractivity contribution in [2.75, 3.05) is 72.7 Å². The van der Waals surface area contributed by atoms with Gasteiger partial charge < -0.3 is 19.3 Å². The van der Waals surface area contributed by atoms with Gasteiger partial charge in [-0.25, -0.2) is 0 Å². The fourth-order valence-corrected chi connectivity index (χ4v) is 5.40. The number of likely N-dealkylation sites (tertiary alicyclic amines) is 2. The Morgan fingerprint density at radius 3 is 2.48 bits per heavy atom. The van der Waals surface area contributed by atoms with Gasteiger partial charge in [-0.15, -0.1) is 0 Å². The van der Waals surface area contributed by atoms with Gasteiger partial charge in [0, 0.05) is 65.9 Å². The Morgan fingerprint density at radius 1 is 1.07 bits per heavy atom. The molecule has 0 aromatic rings. The van der Waals surface area contributed by atoms with E-state index in [2.05, 4.69) is 9.80 Å². The van der Waals surface area contributed by atoms with Gasteiger partial charge in [0.25, 0.3) is 0 Å². The van der Waals surface area contributed by atoms with Crippen molar-refractivity contribution in [3.63, 3.8) is 0 Å². The van der Waals surface area contributed by atoms with Gasteiger partial charge in [-0.2, -0.15) is 0 Å². The predicted molar refractivity (Wildman–Crippen MR) is 99.3 cm³/mol. The Morgan fingerprint density at radius 2 is 1.81 bits per heavy atom. The number of carbonyl (C=O) groups is 2. The van der Waals surface area contributed by atoms with Crippen molar-refractivity contribution in [2.45, 2.75) is 37.4 Å². The Hall–Kier alpha value is -1.22. The van der Waals surface area contributed by atoms with Crippen molar-refractivity contribution in [2.24, 2.45) is 0 Å². The molecule has 4 aliphatic rings. The average Bonchev–Trinajstić information content (AvgIpc) is 2.65. The minimum absolute atomic E-state index is 0.0494. The van der Waals surface area contributed by atoms with Crippen LogP contribution in [0, 0.1) is 0 Å². The number of piperidine rings is 1. The normalized spacial score (nSPS) is 29.5. The number of nitrogens with zero attached hydrogens (tertiary/aromatic N) is 4. The van der Waals surface area contributed by atoms with Crippen LogP contribution < -0.4 is 0 Å². The molecule has 4 saturated heterocycles. The summed E-state index contributed by atoms with van der Waals surface area (Å²) >= 11 is 0. The highest BCUT2D eigenvalue weighted by Crippen LogP contribution is 2.38. The smallest absolute Gasteiger partial charge is 0.248 e. The fourth-order valence-electron chi connectivity index (χ4n) is 5.40. The molecule has 1 unspecified atom stereocenters. The fraction of sp³-hybridized carbons (Fsp3) is 0.895. The zero-order chi connectivity index (χ0) is 19.0. The van der Waals surface area contributed by atoms with E-state index in [-0.39, 0.29) is 30.0 Å². The third kappa shape index (κ3) is 3.60. The second-order valence-electron chi connectivity index (χ2n) is 8.50. The lowest BCUT2D eigenvalue weighted by molar-refractivity contribution is -0.183. The summed E-state index contributed by atoms with van der Waals surface area (Å²) in [4.78, 5) is 33.1. The zero-order valence-corrected chi connectivity index (χ0v) is 16.6. The molecule has 27 heavy (non-hydrogen) atoms. The molecule has 4 aliphatic heterocycles. The molecular weight excluding hydrogens is 348 g/mol. The number of rotatable bonds is 3. The third-order valence-electron chi connectivity index (χ3n) is 6.79. The number of methoxy groups -OCH3 is 1. The molecule has 0 N–H and O–H groups in total. The van der Waals surface area contributed by atoms with Crippen molar-refractivity contribution < 1.29 is 19.1 Å². The first-order valence-electron chi connectivity index (χ1n) is 10.1. The molecule has 0 aliphatic carbocycles. The Labute approximate surface area is 161 Å². The molecule has 0 saturated carbocycles. The first-order valence-corrected chi connectivity index (χ1v) is 10.1. The molecule has 152 valence electrons. The van der Waals surface area contributed by atoms with Gasteiger partial charge in [0.15, 0.2) is 0 Å². The maximum absolute atomic E-state index is 12.5. The topological polar surface area (TPSA) is 65.6 Å². The summed E-state index contributed by atoms with van der Waals surface area (Å²) in [7, 11) is 1.58. The molecule has 0 aromatic carbocycles. The molecule has 8 nitrogen and oxygen atoms in total. The number of carbonyl (C=O) groups excluding carboxylic acids is 2. The van der Waals surface area contributed by atoms with E-state index in [1.807, 2.05) is 9.80 Å². The van der Waals surface area contributed by atoms with Crippen LogP contribution in [0.4, 0.5) is 0 Å². The standard InChI is InChI=1S/C19H32N4O4/c1-15(24)20-5-3-16(4-6-20)22-13-19(14-22)12-21(18(25)11-26-2)9-17-10-27-8-7-23(17)19/h16-17H,3-14H2,1-2H3. The van der Waals surface area contributed by atoms with Crippen molar-refractivity contribution in [3.05, 3.63) is 0 Å². The quantitative estimate of drug-likeness (QED) is 0.641. The van der Waals surface area contributed by atoms with E-state index in [9.17, 15) is 9.59 Å². The van der Waals surface area contributed by atoms with Crippen molar-refractivity contribution >= 4 is 11.8 Å². The lowest BCUT2D eigenvalue weighted by atomic mass is 9.80. The van der Waals surface area contributed by atoms with Crippen LogP contribution in [-0.4, -0.2) is 122 Å². The molecule has 1 atom stereocenters. The molecule has 0 radical (unpaired) electrons. The van der Waals surface area contributed by atoms with Gasteiger partial charge in [0.1, 0.15) is 6.61 Å². The highest BCUT2D eigenvalue weighted by molar-refractivity contribution is 5.77. The molecule has 4 rings (SSSR count). The molecule has 0 aromatic heterocycles. The van der Waals surface area contributed by atoms with Crippen LogP contribution in [0.2, 0.25) is 0 Å². The van der Waals surface area contributed by atoms with Crippen molar-refractivity contribution in [1.82, 2.24) is 19.6 Å². The average molecular weight is 380 g/mol. The SMILES string of the molecule is COCC(=O)N1CC2COCCN2C2(C1)CN(C1CCN(C(C)=O)CC1)C2. The molecule has 4 fully saturated rings. The number of amides is 2.